The minimum Gasteiger partial charge on any atom is -0.264 e. The third kappa shape index (κ3) is 2.52. The van der Waals surface area contributed by atoms with Crippen LogP contribution in [0.5, 0.6) is 0 Å². The van der Waals surface area contributed by atoms with Crippen molar-refractivity contribution in [2.24, 2.45) is 0 Å². The van der Waals surface area contributed by atoms with Crippen molar-refractivity contribution in [1.29, 1.82) is 0 Å². The molecule has 0 bridgehead atoms. The van der Waals surface area contributed by atoms with E-state index in [1.165, 1.54) is 12.8 Å². The molecule has 0 aromatic carbocycles. The van der Waals surface area contributed by atoms with Crippen LogP contribution in [0.3, 0.4) is 0 Å². The van der Waals surface area contributed by atoms with Crippen LogP contribution >= 0.6 is 23.2 Å². The first-order chi connectivity index (χ1) is 9.66. The molecule has 1 fully saturated rings. The van der Waals surface area contributed by atoms with E-state index in [4.69, 9.17) is 23.2 Å². The van der Waals surface area contributed by atoms with Crippen molar-refractivity contribution in [3.8, 4) is 11.4 Å². The fraction of sp³-hybridized carbons (Fsp3) is 0.400. The zero-order valence-corrected chi connectivity index (χ0v) is 12.7. The second-order valence-electron chi connectivity index (χ2n) is 5.21. The van der Waals surface area contributed by atoms with E-state index in [0.717, 1.165) is 29.5 Å². The fourth-order valence-corrected chi connectivity index (χ4v) is 3.51. The van der Waals surface area contributed by atoms with Gasteiger partial charge in [-0.15, -0.1) is 0 Å². The van der Waals surface area contributed by atoms with Crippen molar-refractivity contribution in [3.05, 3.63) is 39.9 Å². The van der Waals surface area contributed by atoms with E-state index >= 15 is 0 Å². The van der Waals surface area contributed by atoms with Crippen LogP contribution in [0.15, 0.2) is 18.5 Å². The molecule has 0 atom stereocenters. The van der Waals surface area contributed by atoms with E-state index in [-0.39, 0.29) is 0 Å². The molecule has 0 N–H and O–H groups in total. The lowest BCUT2D eigenvalue weighted by Crippen LogP contribution is -2.02. The maximum atomic E-state index is 6.37. The normalized spacial score (nSPS) is 15.8. The van der Waals surface area contributed by atoms with Crippen molar-refractivity contribution in [1.82, 2.24) is 15.0 Å². The third-order valence-corrected chi connectivity index (χ3v) is 4.45. The second kappa shape index (κ2) is 5.66. The molecule has 0 radical (unpaired) electrons. The van der Waals surface area contributed by atoms with Crippen LogP contribution in [0.4, 0.5) is 0 Å². The molecule has 2 heterocycles. The van der Waals surface area contributed by atoms with E-state index < -0.39 is 0 Å². The molecule has 0 saturated heterocycles. The fourth-order valence-electron chi connectivity index (χ4n) is 2.81. The number of hydrogen-bond donors (Lipinski definition) is 0. The minimum absolute atomic E-state index is 0.405. The largest absolute Gasteiger partial charge is 0.264 e. The topological polar surface area (TPSA) is 38.7 Å². The SMILES string of the molecule is Cc1cnccc1-c1nc(Cl)c(C2CCCC2)c(Cl)n1. The number of aryl methyl sites for hydroxylation is 1. The molecule has 20 heavy (non-hydrogen) atoms. The molecule has 104 valence electrons. The van der Waals surface area contributed by atoms with Crippen molar-refractivity contribution < 1.29 is 0 Å². The van der Waals surface area contributed by atoms with Gasteiger partial charge in [0.15, 0.2) is 5.82 Å². The molecular weight excluding hydrogens is 293 g/mol. The van der Waals surface area contributed by atoms with Crippen LogP contribution in [0.2, 0.25) is 10.3 Å². The lowest BCUT2D eigenvalue weighted by molar-refractivity contribution is 0.715. The van der Waals surface area contributed by atoms with Gasteiger partial charge >= 0.3 is 0 Å². The standard InChI is InChI=1S/C15H15Cl2N3/c1-9-8-18-7-6-11(9)15-19-13(16)12(14(17)20-15)10-4-2-3-5-10/h6-8,10H,2-5H2,1H3. The smallest absolute Gasteiger partial charge is 0.162 e. The summed E-state index contributed by atoms with van der Waals surface area (Å²) in [6.07, 6.45) is 8.20. The van der Waals surface area contributed by atoms with Gasteiger partial charge in [0.05, 0.1) is 0 Å². The number of rotatable bonds is 2. The highest BCUT2D eigenvalue weighted by Crippen LogP contribution is 2.40. The number of aromatic nitrogens is 3. The highest BCUT2D eigenvalue weighted by molar-refractivity contribution is 6.34. The molecule has 1 saturated carbocycles. The van der Waals surface area contributed by atoms with Crippen LogP contribution in [-0.2, 0) is 0 Å². The van der Waals surface area contributed by atoms with Gasteiger partial charge in [-0.1, -0.05) is 36.0 Å². The maximum Gasteiger partial charge on any atom is 0.162 e. The van der Waals surface area contributed by atoms with Gasteiger partial charge in [-0.3, -0.25) is 4.98 Å². The zero-order chi connectivity index (χ0) is 14.1. The summed E-state index contributed by atoms with van der Waals surface area (Å²) in [5.74, 6) is 0.976. The van der Waals surface area contributed by atoms with Crippen molar-refractivity contribution in [3.63, 3.8) is 0 Å². The van der Waals surface area contributed by atoms with Crippen molar-refractivity contribution in [2.45, 2.75) is 38.5 Å². The Hall–Kier alpha value is -1.19. The van der Waals surface area contributed by atoms with Crippen molar-refractivity contribution in [2.75, 3.05) is 0 Å². The summed E-state index contributed by atoms with van der Waals surface area (Å²) in [5.41, 5.74) is 2.84. The summed E-state index contributed by atoms with van der Waals surface area (Å²) < 4.78 is 0. The third-order valence-electron chi connectivity index (χ3n) is 3.88. The molecule has 2 aromatic heterocycles. The Morgan fingerprint density at radius 3 is 2.35 bits per heavy atom. The molecule has 3 rings (SSSR count). The Morgan fingerprint density at radius 2 is 1.75 bits per heavy atom. The van der Waals surface area contributed by atoms with Gasteiger partial charge in [-0.2, -0.15) is 0 Å². The Balaban J connectivity index is 2.06. The van der Waals surface area contributed by atoms with E-state index in [2.05, 4.69) is 15.0 Å². The van der Waals surface area contributed by atoms with Crippen LogP contribution < -0.4 is 0 Å². The zero-order valence-electron chi connectivity index (χ0n) is 11.2. The van der Waals surface area contributed by atoms with E-state index in [1.54, 1.807) is 12.4 Å². The number of pyridine rings is 1. The van der Waals surface area contributed by atoms with Crippen LogP contribution in [0, 0.1) is 6.92 Å². The molecule has 1 aliphatic rings. The summed E-state index contributed by atoms with van der Waals surface area (Å²) in [4.78, 5) is 13.0. The predicted molar refractivity (Wildman–Crippen MR) is 81.2 cm³/mol. The molecule has 3 nitrogen and oxygen atoms in total. The highest BCUT2D eigenvalue weighted by Gasteiger charge is 2.24. The molecule has 0 unspecified atom stereocenters. The molecule has 2 aromatic rings. The number of nitrogens with zero attached hydrogens (tertiary/aromatic N) is 3. The second-order valence-corrected chi connectivity index (χ2v) is 5.93. The minimum atomic E-state index is 0.405. The van der Waals surface area contributed by atoms with Crippen LogP contribution in [0.25, 0.3) is 11.4 Å². The van der Waals surface area contributed by atoms with Gasteiger partial charge in [-0.05, 0) is 37.3 Å². The molecular formula is C15H15Cl2N3. The van der Waals surface area contributed by atoms with Gasteiger partial charge in [0.25, 0.3) is 0 Å². The first kappa shape index (κ1) is 13.8. The van der Waals surface area contributed by atoms with Crippen molar-refractivity contribution >= 4 is 23.2 Å². The lowest BCUT2D eigenvalue weighted by atomic mass is 10.0. The van der Waals surface area contributed by atoms with Gasteiger partial charge in [0.2, 0.25) is 0 Å². The summed E-state index contributed by atoms with van der Waals surface area (Å²) in [6, 6.07) is 1.88. The number of hydrogen-bond acceptors (Lipinski definition) is 3. The lowest BCUT2D eigenvalue weighted by Gasteiger charge is -2.14. The maximum absolute atomic E-state index is 6.37. The summed E-state index contributed by atoms with van der Waals surface area (Å²) >= 11 is 12.7. The molecule has 0 spiro atoms. The van der Waals surface area contributed by atoms with E-state index in [9.17, 15) is 0 Å². The first-order valence-electron chi connectivity index (χ1n) is 6.80. The molecule has 5 heteroatoms. The van der Waals surface area contributed by atoms with Gasteiger partial charge in [0.1, 0.15) is 10.3 Å². The Morgan fingerprint density at radius 1 is 1.10 bits per heavy atom. The summed E-state index contributed by atoms with van der Waals surface area (Å²) in [6.45, 7) is 1.97. The Kier molecular flexibility index (Phi) is 3.90. The monoisotopic (exact) mass is 307 g/mol. The molecule has 0 aliphatic heterocycles. The summed E-state index contributed by atoms with van der Waals surface area (Å²) in [7, 11) is 0. The van der Waals surface area contributed by atoms with E-state index in [1.807, 2.05) is 13.0 Å². The highest BCUT2D eigenvalue weighted by atomic mass is 35.5. The summed E-state index contributed by atoms with van der Waals surface area (Å²) in [5, 5.41) is 0.978. The Labute approximate surface area is 128 Å². The number of halogens is 2. The van der Waals surface area contributed by atoms with Gasteiger partial charge in [-0.25, -0.2) is 9.97 Å². The average molecular weight is 308 g/mol. The van der Waals surface area contributed by atoms with Crippen LogP contribution in [-0.4, -0.2) is 15.0 Å². The van der Waals surface area contributed by atoms with Gasteiger partial charge < -0.3 is 0 Å². The average Bonchev–Trinajstić information content (AvgIpc) is 2.92. The first-order valence-corrected chi connectivity index (χ1v) is 7.56. The quantitative estimate of drug-likeness (QED) is 0.747. The molecule has 1 aliphatic carbocycles. The molecule has 0 amide bonds. The Bertz CT molecular complexity index is 614. The van der Waals surface area contributed by atoms with E-state index in [0.29, 0.717) is 22.0 Å². The van der Waals surface area contributed by atoms with Gasteiger partial charge in [0, 0.05) is 23.5 Å². The van der Waals surface area contributed by atoms with Crippen LogP contribution in [0.1, 0.15) is 42.7 Å². The predicted octanol–water partition coefficient (Wildman–Crippen LogP) is 4.81.